The Balaban J connectivity index is 2.19. The lowest BCUT2D eigenvalue weighted by Crippen LogP contribution is -2.13. The van der Waals surface area contributed by atoms with E-state index in [-0.39, 0.29) is 5.91 Å². The summed E-state index contributed by atoms with van der Waals surface area (Å²) >= 11 is 11.7. The van der Waals surface area contributed by atoms with Crippen LogP contribution in [0.3, 0.4) is 0 Å². The smallest absolute Gasteiger partial charge is 0.274 e. The molecular weight excluding hydrogens is 259 g/mol. The molecule has 86 valence electrons. The van der Waals surface area contributed by atoms with Gasteiger partial charge in [0.15, 0.2) is 0 Å². The molecule has 0 radical (unpaired) electrons. The number of carbonyl (C=O) groups excluding carboxylic acids is 1. The quantitative estimate of drug-likeness (QED) is 0.902. The molecule has 0 aliphatic rings. The molecule has 1 N–H and O–H groups in total. The average molecular weight is 267 g/mol. The predicted octanol–water partition coefficient (Wildman–Crippen LogP) is 3.64. The first-order valence-corrected chi connectivity index (χ1v) is 5.60. The van der Waals surface area contributed by atoms with Gasteiger partial charge in [-0.25, -0.2) is 0 Å². The molecule has 0 saturated carbocycles. The Kier molecular flexibility index (Phi) is 3.61. The van der Waals surface area contributed by atoms with Crippen molar-refractivity contribution in [2.24, 2.45) is 0 Å². The van der Waals surface area contributed by atoms with E-state index < -0.39 is 0 Å². The SMILES string of the molecule is O=C(Nc1ccc(Cl)cc1Cl)c1ccccn1. The summed E-state index contributed by atoms with van der Waals surface area (Å²) in [7, 11) is 0. The first-order valence-electron chi connectivity index (χ1n) is 4.84. The van der Waals surface area contributed by atoms with Crippen LogP contribution < -0.4 is 5.32 Å². The van der Waals surface area contributed by atoms with E-state index in [2.05, 4.69) is 10.3 Å². The Morgan fingerprint density at radius 2 is 2.00 bits per heavy atom. The third kappa shape index (κ3) is 2.96. The first-order chi connectivity index (χ1) is 8.16. The second-order valence-electron chi connectivity index (χ2n) is 3.29. The molecule has 1 heterocycles. The van der Waals surface area contributed by atoms with E-state index in [1.165, 1.54) is 0 Å². The number of amides is 1. The number of pyridine rings is 1. The van der Waals surface area contributed by atoms with Crippen molar-refractivity contribution in [1.82, 2.24) is 4.98 Å². The van der Waals surface area contributed by atoms with E-state index in [9.17, 15) is 4.79 Å². The lowest BCUT2D eigenvalue weighted by molar-refractivity contribution is 0.102. The minimum absolute atomic E-state index is 0.310. The van der Waals surface area contributed by atoms with Gasteiger partial charge in [-0.2, -0.15) is 0 Å². The average Bonchev–Trinajstić information content (AvgIpc) is 2.34. The van der Waals surface area contributed by atoms with Crippen molar-refractivity contribution in [2.45, 2.75) is 0 Å². The number of hydrogen-bond acceptors (Lipinski definition) is 2. The van der Waals surface area contributed by atoms with Crippen molar-refractivity contribution >= 4 is 34.8 Å². The van der Waals surface area contributed by atoms with Crippen LogP contribution in [0.5, 0.6) is 0 Å². The lowest BCUT2D eigenvalue weighted by Gasteiger charge is -2.06. The number of rotatable bonds is 2. The maximum atomic E-state index is 11.8. The summed E-state index contributed by atoms with van der Waals surface area (Å²) in [6.45, 7) is 0. The molecule has 1 aromatic carbocycles. The molecule has 0 fully saturated rings. The highest BCUT2D eigenvalue weighted by Crippen LogP contribution is 2.25. The zero-order chi connectivity index (χ0) is 12.3. The van der Waals surface area contributed by atoms with Crippen LogP contribution in [0.4, 0.5) is 5.69 Å². The van der Waals surface area contributed by atoms with Crippen molar-refractivity contribution in [3.8, 4) is 0 Å². The predicted molar refractivity (Wildman–Crippen MR) is 68.7 cm³/mol. The van der Waals surface area contributed by atoms with Gasteiger partial charge < -0.3 is 5.32 Å². The fourth-order valence-corrected chi connectivity index (χ4v) is 1.73. The highest BCUT2D eigenvalue weighted by atomic mass is 35.5. The lowest BCUT2D eigenvalue weighted by atomic mass is 10.3. The van der Waals surface area contributed by atoms with Crippen LogP contribution >= 0.6 is 23.2 Å². The molecule has 0 unspecified atom stereocenters. The molecular formula is C12H8Cl2N2O. The van der Waals surface area contributed by atoms with Crippen LogP contribution in [0.25, 0.3) is 0 Å². The van der Waals surface area contributed by atoms with Crippen molar-refractivity contribution in [1.29, 1.82) is 0 Å². The third-order valence-electron chi connectivity index (χ3n) is 2.08. The van der Waals surface area contributed by atoms with Gasteiger partial charge in [0, 0.05) is 11.2 Å². The van der Waals surface area contributed by atoms with E-state index in [1.54, 1.807) is 42.6 Å². The summed E-state index contributed by atoms with van der Waals surface area (Å²) in [6, 6.07) is 9.97. The molecule has 1 aromatic heterocycles. The van der Waals surface area contributed by atoms with Gasteiger partial charge in [0.25, 0.3) is 5.91 Å². The molecule has 5 heteroatoms. The van der Waals surface area contributed by atoms with Crippen LogP contribution in [-0.2, 0) is 0 Å². The molecule has 3 nitrogen and oxygen atoms in total. The summed E-state index contributed by atoms with van der Waals surface area (Å²) in [6.07, 6.45) is 1.55. The summed E-state index contributed by atoms with van der Waals surface area (Å²) in [4.78, 5) is 15.7. The first kappa shape index (κ1) is 11.9. The summed E-state index contributed by atoms with van der Waals surface area (Å²) in [5.41, 5.74) is 0.838. The maximum Gasteiger partial charge on any atom is 0.274 e. The fourth-order valence-electron chi connectivity index (χ4n) is 1.27. The number of carbonyl (C=O) groups is 1. The van der Waals surface area contributed by atoms with E-state index in [4.69, 9.17) is 23.2 Å². The summed E-state index contributed by atoms with van der Waals surface area (Å²) in [5.74, 6) is -0.310. The number of benzene rings is 1. The number of hydrogen-bond donors (Lipinski definition) is 1. The second-order valence-corrected chi connectivity index (χ2v) is 4.14. The molecule has 0 spiro atoms. The van der Waals surface area contributed by atoms with Crippen LogP contribution in [0, 0.1) is 0 Å². The third-order valence-corrected chi connectivity index (χ3v) is 2.62. The Bertz CT molecular complexity index is 543. The van der Waals surface area contributed by atoms with Crippen LogP contribution in [0.2, 0.25) is 10.0 Å². The molecule has 0 aliphatic heterocycles. The molecule has 0 atom stereocenters. The van der Waals surface area contributed by atoms with E-state index in [0.717, 1.165) is 0 Å². The number of aromatic nitrogens is 1. The zero-order valence-corrected chi connectivity index (χ0v) is 10.2. The largest absolute Gasteiger partial charge is 0.319 e. The highest BCUT2D eigenvalue weighted by Gasteiger charge is 2.09. The van der Waals surface area contributed by atoms with Crippen molar-refractivity contribution < 1.29 is 4.79 Å². The van der Waals surface area contributed by atoms with Gasteiger partial charge >= 0.3 is 0 Å². The Morgan fingerprint density at radius 1 is 1.18 bits per heavy atom. The number of halogens is 2. The molecule has 17 heavy (non-hydrogen) atoms. The Hall–Kier alpha value is -1.58. The van der Waals surface area contributed by atoms with E-state index >= 15 is 0 Å². The fraction of sp³-hybridized carbons (Fsp3) is 0. The zero-order valence-electron chi connectivity index (χ0n) is 8.65. The second kappa shape index (κ2) is 5.17. The topological polar surface area (TPSA) is 42.0 Å². The Morgan fingerprint density at radius 3 is 2.65 bits per heavy atom. The summed E-state index contributed by atoms with van der Waals surface area (Å²) < 4.78 is 0. The number of anilines is 1. The van der Waals surface area contributed by atoms with Gasteiger partial charge in [0.05, 0.1) is 10.7 Å². The number of nitrogens with zero attached hydrogens (tertiary/aromatic N) is 1. The monoisotopic (exact) mass is 266 g/mol. The van der Waals surface area contributed by atoms with Crippen molar-refractivity contribution in [3.05, 3.63) is 58.3 Å². The minimum Gasteiger partial charge on any atom is -0.319 e. The van der Waals surface area contributed by atoms with Gasteiger partial charge in [0.2, 0.25) is 0 Å². The van der Waals surface area contributed by atoms with Gasteiger partial charge in [-0.1, -0.05) is 29.3 Å². The highest BCUT2D eigenvalue weighted by molar-refractivity contribution is 6.36. The number of nitrogens with one attached hydrogen (secondary N) is 1. The molecule has 1 amide bonds. The normalized spacial score (nSPS) is 10.0. The van der Waals surface area contributed by atoms with Crippen molar-refractivity contribution in [2.75, 3.05) is 5.32 Å². The van der Waals surface area contributed by atoms with Gasteiger partial charge in [0.1, 0.15) is 5.69 Å². The minimum atomic E-state index is -0.310. The molecule has 0 saturated heterocycles. The molecule has 2 rings (SSSR count). The van der Waals surface area contributed by atoms with Crippen LogP contribution in [0.15, 0.2) is 42.6 Å². The standard InChI is InChI=1S/C12H8Cl2N2O/c13-8-4-5-10(9(14)7-8)16-12(17)11-3-1-2-6-15-11/h1-7H,(H,16,17). The maximum absolute atomic E-state index is 11.8. The van der Waals surface area contributed by atoms with Gasteiger partial charge in [-0.05, 0) is 30.3 Å². The molecule has 2 aromatic rings. The van der Waals surface area contributed by atoms with Crippen LogP contribution in [-0.4, -0.2) is 10.9 Å². The van der Waals surface area contributed by atoms with Gasteiger partial charge in [-0.15, -0.1) is 0 Å². The van der Waals surface area contributed by atoms with E-state index in [1.807, 2.05) is 0 Å². The molecule has 0 aliphatic carbocycles. The summed E-state index contributed by atoms with van der Waals surface area (Å²) in [5, 5.41) is 3.57. The Labute approximate surface area is 108 Å². The molecule has 0 bridgehead atoms. The van der Waals surface area contributed by atoms with Crippen LogP contribution in [0.1, 0.15) is 10.5 Å². The van der Waals surface area contributed by atoms with Gasteiger partial charge in [-0.3, -0.25) is 9.78 Å². The van der Waals surface area contributed by atoms with Crippen molar-refractivity contribution in [3.63, 3.8) is 0 Å². The van der Waals surface area contributed by atoms with E-state index in [0.29, 0.717) is 21.4 Å².